The lowest BCUT2D eigenvalue weighted by Crippen LogP contribution is -2.45. The summed E-state index contributed by atoms with van der Waals surface area (Å²) in [5, 5.41) is 8.91. The molecule has 20 heavy (non-hydrogen) atoms. The molecule has 0 aromatic heterocycles. The summed E-state index contributed by atoms with van der Waals surface area (Å²) in [6.07, 6.45) is 0.590. The largest absolute Gasteiger partial charge is 0.480 e. The van der Waals surface area contributed by atoms with Crippen molar-refractivity contribution in [2.75, 3.05) is 5.75 Å². The summed E-state index contributed by atoms with van der Waals surface area (Å²) in [5.74, 6) is -2.20. The van der Waals surface area contributed by atoms with Gasteiger partial charge in [-0.25, -0.2) is 9.18 Å². The second-order valence-corrected chi connectivity index (χ2v) is 5.98. The third kappa shape index (κ3) is 2.62. The highest BCUT2D eigenvalue weighted by Crippen LogP contribution is 2.34. The minimum Gasteiger partial charge on any atom is -0.480 e. The van der Waals surface area contributed by atoms with Crippen molar-refractivity contribution >= 4 is 35.2 Å². The van der Waals surface area contributed by atoms with Gasteiger partial charge in [-0.15, -0.1) is 11.8 Å². The van der Waals surface area contributed by atoms with Crippen LogP contribution in [0.5, 0.6) is 0 Å². The number of benzene rings is 1. The Balaban J connectivity index is 2.41. The molecule has 1 aliphatic rings. The van der Waals surface area contributed by atoms with Gasteiger partial charge in [-0.1, -0.05) is 24.6 Å². The lowest BCUT2D eigenvalue weighted by Gasteiger charge is -2.27. The van der Waals surface area contributed by atoms with Crippen molar-refractivity contribution in [2.24, 2.45) is 0 Å². The molecule has 1 fully saturated rings. The Hall–Kier alpha value is -1.27. The Morgan fingerprint density at radius 2 is 2.25 bits per heavy atom. The zero-order valence-electron chi connectivity index (χ0n) is 10.7. The second kappa shape index (κ2) is 6.01. The fourth-order valence-corrected chi connectivity index (χ4v) is 3.76. The van der Waals surface area contributed by atoms with Gasteiger partial charge in [0.2, 0.25) is 0 Å². The van der Waals surface area contributed by atoms with Gasteiger partial charge < -0.3 is 10.0 Å². The van der Waals surface area contributed by atoms with Crippen LogP contribution in [-0.2, 0) is 4.79 Å². The van der Waals surface area contributed by atoms with Crippen molar-refractivity contribution in [3.05, 3.63) is 34.6 Å². The molecule has 2 rings (SSSR count). The van der Waals surface area contributed by atoms with E-state index in [-0.39, 0.29) is 16.0 Å². The Morgan fingerprint density at radius 3 is 2.80 bits per heavy atom. The smallest absolute Gasteiger partial charge is 0.327 e. The maximum atomic E-state index is 13.8. The molecular formula is C13H13ClFNO3S. The average molecular weight is 318 g/mol. The Kier molecular flexibility index (Phi) is 4.55. The van der Waals surface area contributed by atoms with E-state index in [1.54, 1.807) is 0 Å². The number of nitrogens with zero attached hydrogens (tertiary/aromatic N) is 1. The van der Waals surface area contributed by atoms with Crippen LogP contribution in [0.4, 0.5) is 4.39 Å². The third-order valence-corrected chi connectivity index (χ3v) is 4.91. The summed E-state index contributed by atoms with van der Waals surface area (Å²) in [4.78, 5) is 25.0. The molecule has 2 atom stereocenters. The predicted molar refractivity (Wildman–Crippen MR) is 75.5 cm³/mol. The molecule has 2 unspecified atom stereocenters. The minimum atomic E-state index is -1.09. The van der Waals surface area contributed by atoms with Gasteiger partial charge in [-0.2, -0.15) is 0 Å². The van der Waals surface area contributed by atoms with E-state index in [2.05, 4.69) is 0 Å². The number of carbonyl (C=O) groups is 2. The number of aliphatic carboxylic acids is 1. The van der Waals surface area contributed by atoms with Crippen molar-refractivity contribution in [1.29, 1.82) is 0 Å². The van der Waals surface area contributed by atoms with Gasteiger partial charge in [0.25, 0.3) is 5.91 Å². The number of rotatable bonds is 3. The van der Waals surface area contributed by atoms with Crippen LogP contribution in [0.1, 0.15) is 23.7 Å². The van der Waals surface area contributed by atoms with Gasteiger partial charge in [0.1, 0.15) is 11.9 Å². The Morgan fingerprint density at radius 1 is 1.55 bits per heavy atom. The van der Waals surface area contributed by atoms with Crippen LogP contribution in [0.2, 0.25) is 5.02 Å². The number of halogens is 2. The normalized spacial score (nSPS) is 22.1. The molecule has 0 saturated carbocycles. The van der Waals surface area contributed by atoms with Crippen LogP contribution in [0.25, 0.3) is 0 Å². The van der Waals surface area contributed by atoms with Crippen molar-refractivity contribution in [1.82, 2.24) is 4.90 Å². The highest BCUT2D eigenvalue weighted by molar-refractivity contribution is 8.00. The van der Waals surface area contributed by atoms with Crippen LogP contribution >= 0.6 is 23.4 Å². The van der Waals surface area contributed by atoms with Crippen LogP contribution < -0.4 is 0 Å². The lowest BCUT2D eigenvalue weighted by molar-refractivity contribution is -0.141. The van der Waals surface area contributed by atoms with Crippen LogP contribution in [-0.4, -0.2) is 39.1 Å². The molecule has 7 heteroatoms. The van der Waals surface area contributed by atoms with E-state index in [9.17, 15) is 19.1 Å². The molecule has 1 aliphatic heterocycles. The van der Waals surface area contributed by atoms with Crippen LogP contribution in [0.15, 0.2) is 18.2 Å². The summed E-state index contributed by atoms with van der Waals surface area (Å²) < 4.78 is 13.8. The number of carboxylic acids is 1. The topological polar surface area (TPSA) is 57.6 Å². The van der Waals surface area contributed by atoms with Gasteiger partial charge in [0.15, 0.2) is 0 Å². The van der Waals surface area contributed by atoms with E-state index in [4.69, 9.17) is 11.6 Å². The highest BCUT2D eigenvalue weighted by Gasteiger charge is 2.42. The SMILES string of the molecule is CCC1SCC(C(=O)O)N1C(=O)c1c(F)cccc1Cl. The van der Waals surface area contributed by atoms with Crippen molar-refractivity contribution in [3.8, 4) is 0 Å². The molecular weight excluding hydrogens is 305 g/mol. The van der Waals surface area contributed by atoms with E-state index < -0.39 is 23.7 Å². The molecule has 4 nitrogen and oxygen atoms in total. The van der Waals surface area contributed by atoms with Gasteiger partial charge >= 0.3 is 5.97 Å². The monoisotopic (exact) mass is 317 g/mol. The van der Waals surface area contributed by atoms with Crippen molar-refractivity contribution in [2.45, 2.75) is 24.8 Å². The average Bonchev–Trinajstić information content (AvgIpc) is 2.82. The minimum absolute atomic E-state index is 0.00843. The fraction of sp³-hybridized carbons (Fsp3) is 0.385. The Labute approximate surface area is 124 Å². The summed E-state index contributed by atoms with van der Waals surface area (Å²) in [6.45, 7) is 1.85. The van der Waals surface area contributed by atoms with Crippen LogP contribution in [0.3, 0.4) is 0 Å². The number of thioether (sulfide) groups is 1. The van der Waals surface area contributed by atoms with Gasteiger partial charge in [0.05, 0.1) is 16.0 Å². The quantitative estimate of drug-likeness (QED) is 0.931. The predicted octanol–water partition coefficient (Wildman–Crippen LogP) is 2.86. The van der Waals surface area contributed by atoms with E-state index >= 15 is 0 Å². The molecule has 1 saturated heterocycles. The molecule has 0 aliphatic carbocycles. The molecule has 1 N–H and O–H groups in total. The molecule has 1 aromatic carbocycles. The Bertz CT molecular complexity index is 534. The zero-order chi connectivity index (χ0) is 14.9. The fourth-order valence-electron chi connectivity index (χ4n) is 2.17. The number of amides is 1. The lowest BCUT2D eigenvalue weighted by atomic mass is 10.1. The van der Waals surface area contributed by atoms with Gasteiger partial charge in [-0.05, 0) is 18.6 Å². The first-order chi connectivity index (χ1) is 9.47. The summed E-state index contributed by atoms with van der Waals surface area (Å²) >= 11 is 7.26. The standard InChI is InChI=1S/C13H13ClFNO3S/c1-2-10-16(9(6-20-10)13(18)19)12(17)11-7(14)4-3-5-8(11)15/h3-5,9-10H,2,6H2,1H3,(H,18,19). The first-order valence-corrected chi connectivity index (χ1v) is 7.51. The number of carboxylic acid groups (broad SMARTS) is 1. The van der Waals surface area contributed by atoms with E-state index in [1.807, 2.05) is 6.92 Å². The van der Waals surface area contributed by atoms with Gasteiger partial charge in [0, 0.05) is 5.75 Å². The number of hydrogen-bond acceptors (Lipinski definition) is 3. The van der Waals surface area contributed by atoms with E-state index in [0.29, 0.717) is 12.2 Å². The molecule has 0 radical (unpaired) electrons. The third-order valence-electron chi connectivity index (χ3n) is 3.14. The summed E-state index contributed by atoms with van der Waals surface area (Å²) in [6, 6.07) is 3.00. The molecule has 1 aromatic rings. The summed E-state index contributed by atoms with van der Waals surface area (Å²) in [7, 11) is 0. The van der Waals surface area contributed by atoms with E-state index in [1.165, 1.54) is 28.8 Å². The molecule has 0 spiro atoms. The van der Waals surface area contributed by atoms with Crippen molar-refractivity contribution < 1.29 is 19.1 Å². The molecule has 108 valence electrons. The maximum absolute atomic E-state index is 13.8. The second-order valence-electron chi connectivity index (χ2n) is 4.36. The van der Waals surface area contributed by atoms with E-state index in [0.717, 1.165) is 6.07 Å². The van der Waals surface area contributed by atoms with Crippen molar-refractivity contribution in [3.63, 3.8) is 0 Å². The first-order valence-electron chi connectivity index (χ1n) is 6.08. The van der Waals surface area contributed by atoms with Gasteiger partial charge in [-0.3, -0.25) is 4.79 Å². The number of hydrogen-bond donors (Lipinski definition) is 1. The summed E-state index contributed by atoms with van der Waals surface area (Å²) in [5.41, 5.74) is -0.263. The molecule has 1 heterocycles. The zero-order valence-corrected chi connectivity index (χ0v) is 12.2. The molecule has 0 bridgehead atoms. The highest BCUT2D eigenvalue weighted by atomic mass is 35.5. The molecule has 1 amide bonds. The maximum Gasteiger partial charge on any atom is 0.327 e. The number of carbonyl (C=O) groups excluding carboxylic acids is 1. The first kappa shape index (κ1) is 15.1. The van der Waals surface area contributed by atoms with Crippen LogP contribution in [0, 0.1) is 5.82 Å².